The first-order valence-corrected chi connectivity index (χ1v) is 11.7. The van der Waals surface area contributed by atoms with Gasteiger partial charge < -0.3 is 14.6 Å². The van der Waals surface area contributed by atoms with Crippen molar-refractivity contribution in [2.45, 2.75) is 32.7 Å². The van der Waals surface area contributed by atoms with E-state index in [-0.39, 0.29) is 11.9 Å². The van der Waals surface area contributed by atoms with Crippen LogP contribution in [0.5, 0.6) is 0 Å². The summed E-state index contributed by atoms with van der Waals surface area (Å²) in [7, 11) is 2.17. The van der Waals surface area contributed by atoms with Gasteiger partial charge in [-0.3, -0.25) is 9.69 Å². The number of amides is 1. The quantitative estimate of drug-likeness (QED) is 0.564. The number of piperazine rings is 1. The monoisotopic (exact) mass is 437 g/mol. The number of likely N-dealkylation sites (N-methyl/N-ethyl adjacent to an activating group) is 1. The summed E-state index contributed by atoms with van der Waals surface area (Å²) < 4.78 is 5.30. The van der Waals surface area contributed by atoms with E-state index in [1.807, 2.05) is 0 Å². The molecule has 2 aromatic heterocycles. The third-order valence-corrected chi connectivity index (χ3v) is 6.95. The molecule has 0 unspecified atom stereocenters. The number of rotatable bonds is 6. The highest BCUT2D eigenvalue weighted by atomic mass is 32.1. The molecule has 1 fully saturated rings. The minimum Gasteiger partial charge on any atom is -0.459 e. The lowest BCUT2D eigenvalue weighted by Gasteiger charge is -2.38. The number of hydrogen-bond donors (Lipinski definition) is 1. The first-order valence-electron chi connectivity index (χ1n) is 10.9. The van der Waals surface area contributed by atoms with Crippen LogP contribution in [0.3, 0.4) is 0 Å². The molecule has 5 nitrogen and oxygen atoms in total. The van der Waals surface area contributed by atoms with Crippen LogP contribution >= 0.6 is 11.3 Å². The molecule has 0 aliphatic carbocycles. The van der Waals surface area contributed by atoms with Gasteiger partial charge in [0, 0.05) is 36.6 Å². The Hall–Kier alpha value is -2.41. The van der Waals surface area contributed by atoms with Crippen LogP contribution in [-0.4, -0.2) is 48.9 Å². The molecule has 1 aliphatic heterocycles. The zero-order valence-electron chi connectivity index (χ0n) is 18.7. The first-order chi connectivity index (χ1) is 14.9. The van der Waals surface area contributed by atoms with Gasteiger partial charge >= 0.3 is 0 Å². The fourth-order valence-electron chi connectivity index (χ4n) is 4.14. The molecule has 0 radical (unpaired) electrons. The van der Waals surface area contributed by atoms with Gasteiger partial charge in [0.25, 0.3) is 5.91 Å². The van der Waals surface area contributed by atoms with Crippen molar-refractivity contribution in [3.8, 4) is 0 Å². The summed E-state index contributed by atoms with van der Waals surface area (Å²) in [6.07, 6.45) is 1.53. The highest BCUT2D eigenvalue weighted by Gasteiger charge is 2.29. The van der Waals surface area contributed by atoms with E-state index in [2.05, 4.69) is 73.3 Å². The van der Waals surface area contributed by atoms with E-state index < -0.39 is 0 Å². The Labute approximate surface area is 188 Å². The Balaban J connectivity index is 1.70. The summed E-state index contributed by atoms with van der Waals surface area (Å²) in [6, 6.07) is 14.7. The lowest BCUT2D eigenvalue weighted by Crippen LogP contribution is -2.46. The van der Waals surface area contributed by atoms with Crippen molar-refractivity contribution in [2.24, 2.45) is 0 Å². The molecule has 0 bridgehead atoms. The molecule has 1 aromatic carbocycles. The Morgan fingerprint density at radius 3 is 2.35 bits per heavy atom. The predicted octanol–water partition coefficient (Wildman–Crippen LogP) is 5.36. The van der Waals surface area contributed by atoms with E-state index in [1.165, 1.54) is 22.3 Å². The van der Waals surface area contributed by atoms with E-state index in [4.69, 9.17) is 4.42 Å². The third kappa shape index (κ3) is 4.92. The Kier molecular flexibility index (Phi) is 6.60. The molecule has 1 saturated heterocycles. The van der Waals surface area contributed by atoms with Crippen LogP contribution in [-0.2, 0) is 0 Å². The maximum atomic E-state index is 12.7. The molecule has 1 atom stereocenters. The topological polar surface area (TPSA) is 48.7 Å². The molecule has 164 valence electrons. The van der Waals surface area contributed by atoms with Gasteiger partial charge in [0.2, 0.25) is 0 Å². The van der Waals surface area contributed by atoms with Crippen LogP contribution in [0.4, 0.5) is 5.00 Å². The molecular weight excluding hydrogens is 406 g/mol. The summed E-state index contributed by atoms with van der Waals surface area (Å²) in [5.41, 5.74) is 3.76. The predicted molar refractivity (Wildman–Crippen MR) is 127 cm³/mol. The molecule has 1 aliphatic rings. The van der Waals surface area contributed by atoms with Crippen molar-refractivity contribution in [1.29, 1.82) is 0 Å². The zero-order chi connectivity index (χ0) is 22.0. The maximum absolute atomic E-state index is 12.7. The largest absolute Gasteiger partial charge is 0.459 e. The van der Waals surface area contributed by atoms with Crippen LogP contribution < -0.4 is 5.32 Å². The minimum atomic E-state index is -0.208. The molecule has 0 saturated carbocycles. The van der Waals surface area contributed by atoms with Crippen LogP contribution in [0.15, 0.2) is 53.1 Å². The summed E-state index contributed by atoms with van der Waals surface area (Å²) in [5.74, 6) is 0.623. The molecule has 3 aromatic rings. The van der Waals surface area contributed by atoms with Crippen molar-refractivity contribution in [1.82, 2.24) is 9.80 Å². The van der Waals surface area contributed by atoms with Crippen LogP contribution in [0, 0.1) is 6.92 Å². The van der Waals surface area contributed by atoms with Crippen molar-refractivity contribution in [3.05, 3.63) is 76.1 Å². The number of carbonyl (C=O) groups is 1. The summed E-state index contributed by atoms with van der Waals surface area (Å²) in [5, 5.41) is 4.01. The van der Waals surface area contributed by atoms with Crippen molar-refractivity contribution in [3.63, 3.8) is 0 Å². The third-order valence-electron chi connectivity index (χ3n) is 5.97. The van der Waals surface area contributed by atoms with E-state index in [9.17, 15) is 4.79 Å². The number of aryl methyl sites for hydroxylation is 1. The number of hydrogen-bond acceptors (Lipinski definition) is 5. The average Bonchev–Trinajstić information content (AvgIpc) is 3.40. The standard InChI is InChI=1S/C25H31N3O2S/c1-17(2)19-7-9-20(10-8-19)23(28-13-11-27(4)12-14-28)21-16-18(3)31-25(21)26-24(29)22-6-5-15-30-22/h5-10,15-17,23H,11-14H2,1-4H3,(H,26,29)/t23-/m1/s1. The number of nitrogens with zero attached hydrogens (tertiary/aromatic N) is 2. The number of nitrogens with one attached hydrogen (secondary N) is 1. The van der Waals surface area contributed by atoms with Gasteiger partial charge in [-0.25, -0.2) is 0 Å². The lowest BCUT2D eigenvalue weighted by atomic mass is 9.94. The average molecular weight is 438 g/mol. The fraction of sp³-hybridized carbons (Fsp3) is 0.400. The van der Waals surface area contributed by atoms with Gasteiger partial charge in [-0.1, -0.05) is 38.1 Å². The SMILES string of the molecule is Cc1cc([C@@H](c2ccc(C(C)C)cc2)N2CCN(C)CC2)c(NC(=O)c2ccco2)s1. The summed E-state index contributed by atoms with van der Waals surface area (Å²) in [6.45, 7) is 10.6. The van der Waals surface area contributed by atoms with Crippen LogP contribution in [0.2, 0.25) is 0 Å². The molecular formula is C25H31N3O2S. The minimum absolute atomic E-state index is 0.103. The molecule has 0 spiro atoms. The van der Waals surface area contributed by atoms with Crippen molar-refractivity contribution >= 4 is 22.2 Å². The second-order valence-corrected chi connectivity index (χ2v) is 9.89. The highest BCUT2D eigenvalue weighted by Crippen LogP contribution is 2.39. The number of furan rings is 1. The lowest BCUT2D eigenvalue weighted by molar-refractivity contribution is 0.0996. The second kappa shape index (κ2) is 9.39. The smallest absolute Gasteiger partial charge is 0.291 e. The fourth-order valence-corrected chi connectivity index (χ4v) is 5.08. The molecule has 3 heterocycles. The van der Waals surface area contributed by atoms with Gasteiger partial charge in [-0.05, 0) is 49.2 Å². The summed E-state index contributed by atoms with van der Waals surface area (Å²) >= 11 is 1.62. The zero-order valence-corrected chi connectivity index (χ0v) is 19.5. The van der Waals surface area contributed by atoms with Crippen LogP contribution in [0.1, 0.15) is 57.9 Å². The second-order valence-electron chi connectivity index (χ2n) is 8.64. The van der Waals surface area contributed by atoms with Gasteiger partial charge in [0.1, 0.15) is 5.00 Å². The highest BCUT2D eigenvalue weighted by molar-refractivity contribution is 7.16. The van der Waals surface area contributed by atoms with Gasteiger partial charge in [0.05, 0.1) is 12.3 Å². The number of carbonyl (C=O) groups excluding carboxylic acids is 1. The number of thiophene rings is 1. The normalized spacial score (nSPS) is 16.5. The molecule has 1 N–H and O–H groups in total. The Bertz CT molecular complexity index is 1000. The molecule has 1 amide bonds. The van der Waals surface area contributed by atoms with Crippen LogP contribution in [0.25, 0.3) is 0 Å². The maximum Gasteiger partial charge on any atom is 0.291 e. The van der Waals surface area contributed by atoms with Crippen molar-refractivity contribution < 1.29 is 9.21 Å². The van der Waals surface area contributed by atoms with Gasteiger partial charge in [-0.15, -0.1) is 11.3 Å². The van der Waals surface area contributed by atoms with Gasteiger partial charge in [-0.2, -0.15) is 0 Å². The van der Waals surface area contributed by atoms with Crippen molar-refractivity contribution in [2.75, 3.05) is 38.5 Å². The molecule has 31 heavy (non-hydrogen) atoms. The van der Waals surface area contributed by atoms with E-state index in [0.29, 0.717) is 11.7 Å². The van der Waals surface area contributed by atoms with Gasteiger partial charge in [0.15, 0.2) is 5.76 Å². The first kappa shape index (κ1) is 21.8. The molecule has 4 rings (SSSR count). The van der Waals surface area contributed by atoms with E-state index >= 15 is 0 Å². The summed E-state index contributed by atoms with van der Waals surface area (Å²) in [4.78, 5) is 18.8. The number of anilines is 1. The molecule has 6 heteroatoms. The van der Waals surface area contributed by atoms with E-state index in [1.54, 1.807) is 23.5 Å². The Morgan fingerprint density at radius 2 is 1.74 bits per heavy atom. The number of benzene rings is 1. The Morgan fingerprint density at radius 1 is 1.06 bits per heavy atom. The van der Waals surface area contributed by atoms with E-state index in [0.717, 1.165) is 36.7 Å².